The molecule has 4 nitrogen and oxygen atoms in total. The lowest BCUT2D eigenvalue weighted by Crippen LogP contribution is -2.29. The molecule has 102 valence electrons. The van der Waals surface area contributed by atoms with Gasteiger partial charge in [-0.3, -0.25) is 0 Å². The van der Waals surface area contributed by atoms with Gasteiger partial charge in [-0.25, -0.2) is 4.79 Å². The van der Waals surface area contributed by atoms with E-state index in [4.69, 9.17) is 4.74 Å². The van der Waals surface area contributed by atoms with Gasteiger partial charge in [0.25, 0.3) is 0 Å². The van der Waals surface area contributed by atoms with Crippen LogP contribution in [-0.2, 0) is 9.53 Å². The molecular formula is C12H24ClNO3. The zero-order valence-electron chi connectivity index (χ0n) is 10.9. The summed E-state index contributed by atoms with van der Waals surface area (Å²) in [5.41, 5.74) is 0.357. The molecule has 0 rings (SSSR count). The standard InChI is InChI=1S/C12H23NO3.ClH/c1-5-13(6-2)8-7-11(14)9-16-12(15)10(3)4;/h11,14H,3,5-9H2,1-2,4H3;1H. The maximum atomic E-state index is 11.1. The number of esters is 1. The van der Waals surface area contributed by atoms with Crippen molar-refractivity contribution in [1.29, 1.82) is 0 Å². The van der Waals surface area contributed by atoms with Gasteiger partial charge in [0, 0.05) is 12.1 Å². The molecule has 0 aromatic carbocycles. The van der Waals surface area contributed by atoms with Gasteiger partial charge in [-0.1, -0.05) is 20.4 Å². The first-order valence-electron chi connectivity index (χ1n) is 5.74. The summed E-state index contributed by atoms with van der Waals surface area (Å²) in [6.07, 6.45) is 0.0226. The Balaban J connectivity index is 0. The Morgan fingerprint density at radius 3 is 2.35 bits per heavy atom. The lowest BCUT2D eigenvalue weighted by atomic mass is 10.2. The number of hydrogen-bond donors (Lipinski definition) is 1. The average molecular weight is 266 g/mol. The van der Waals surface area contributed by atoms with E-state index < -0.39 is 12.1 Å². The topological polar surface area (TPSA) is 49.8 Å². The first-order chi connectivity index (χ1) is 7.51. The molecule has 0 saturated carbocycles. The minimum absolute atomic E-state index is 0. The van der Waals surface area contributed by atoms with Crippen LogP contribution in [0.4, 0.5) is 0 Å². The Labute approximate surface area is 110 Å². The van der Waals surface area contributed by atoms with Crippen LogP contribution in [0.1, 0.15) is 27.2 Å². The number of carbonyl (C=O) groups excluding carboxylic acids is 1. The molecule has 0 aliphatic heterocycles. The summed E-state index contributed by atoms with van der Waals surface area (Å²) in [7, 11) is 0. The first kappa shape index (κ1) is 18.8. The van der Waals surface area contributed by atoms with Crippen LogP contribution in [0.15, 0.2) is 12.2 Å². The van der Waals surface area contributed by atoms with E-state index in [1.165, 1.54) is 0 Å². The largest absolute Gasteiger partial charge is 0.460 e. The molecule has 1 atom stereocenters. The van der Waals surface area contributed by atoms with Gasteiger partial charge in [0.1, 0.15) is 6.61 Å². The Morgan fingerprint density at radius 2 is 1.94 bits per heavy atom. The van der Waals surface area contributed by atoms with Gasteiger partial charge in [0.2, 0.25) is 0 Å². The van der Waals surface area contributed by atoms with Crippen LogP contribution in [0, 0.1) is 0 Å². The molecule has 1 N–H and O–H groups in total. The van der Waals surface area contributed by atoms with Gasteiger partial charge >= 0.3 is 5.97 Å². The molecule has 1 unspecified atom stereocenters. The zero-order chi connectivity index (χ0) is 12.6. The molecule has 0 fully saturated rings. The van der Waals surface area contributed by atoms with Crippen LogP contribution in [0.5, 0.6) is 0 Å². The molecule has 0 aliphatic rings. The third-order valence-electron chi connectivity index (χ3n) is 2.43. The predicted octanol–water partition coefficient (Wildman–Crippen LogP) is 1.62. The highest BCUT2D eigenvalue weighted by molar-refractivity contribution is 5.86. The summed E-state index contributed by atoms with van der Waals surface area (Å²) in [4.78, 5) is 13.3. The Morgan fingerprint density at radius 1 is 1.41 bits per heavy atom. The molecule has 5 heteroatoms. The molecule has 0 radical (unpaired) electrons. The second kappa shape index (κ2) is 10.6. The monoisotopic (exact) mass is 265 g/mol. The SMILES string of the molecule is C=C(C)C(=O)OCC(O)CCN(CC)CC.Cl. The van der Waals surface area contributed by atoms with Crippen LogP contribution in [0.3, 0.4) is 0 Å². The quantitative estimate of drug-likeness (QED) is 0.535. The number of ether oxygens (including phenoxy) is 1. The summed E-state index contributed by atoms with van der Waals surface area (Å²) in [5.74, 6) is -0.443. The van der Waals surface area contributed by atoms with Gasteiger partial charge in [0.05, 0.1) is 6.10 Å². The molecule has 0 bridgehead atoms. The Bertz CT molecular complexity index is 230. The number of rotatable bonds is 8. The smallest absolute Gasteiger partial charge is 0.333 e. The van der Waals surface area contributed by atoms with Crippen molar-refractivity contribution in [3.63, 3.8) is 0 Å². The van der Waals surface area contributed by atoms with E-state index in [0.717, 1.165) is 19.6 Å². The molecule has 0 aliphatic carbocycles. The molecular weight excluding hydrogens is 242 g/mol. The van der Waals surface area contributed by atoms with E-state index in [0.29, 0.717) is 12.0 Å². The van der Waals surface area contributed by atoms with E-state index in [1.807, 2.05) is 0 Å². The van der Waals surface area contributed by atoms with Crippen molar-refractivity contribution in [2.45, 2.75) is 33.3 Å². The average Bonchev–Trinajstić information content (AvgIpc) is 2.27. The van der Waals surface area contributed by atoms with Crippen molar-refractivity contribution in [1.82, 2.24) is 4.90 Å². The second-order valence-electron chi connectivity index (χ2n) is 3.85. The molecule has 0 spiro atoms. The predicted molar refractivity (Wildman–Crippen MR) is 71.4 cm³/mol. The molecule has 0 saturated heterocycles. The highest BCUT2D eigenvalue weighted by Crippen LogP contribution is 1.99. The van der Waals surface area contributed by atoms with E-state index >= 15 is 0 Å². The fourth-order valence-corrected chi connectivity index (χ4v) is 1.25. The fourth-order valence-electron chi connectivity index (χ4n) is 1.25. The molecule has 0 aromatic rings. The number of halogens is 1. The summed E-state index contributed by atoms with van der Waals surface area (Å²) >= 11 is 0. The van der Waals surface area contributed by atoms with Crippen LogP contribution < -0.4 is 0 Å². The van der Waals surface area contributed by atoms with E-state index in [2.05, 4.69) is 25.3 Å². The summed E-state index contributed by atoms with van der Waals surface area (Å²) in [5, 5.41) is 9.59. The number of aliphatic hydroxyl groups excluding tert-OH is 1. The van der Waals surface area contributed by atoms with Crippen molar-refractivity contribution in [2.24, 2.45) is 0 Å². The molecule has 0 aromatic heterocycles. The van der Waals surface area contributed by atoms with Crippen LogP contribution >= 0.6 is 12.4 Å². The number of hydrogen-bond acceptors (Lipinski definition) is 4. The van der Waals surface area contributed by atoms with Crippen molar-refractivity contribution in [3.8, 4) is 0 Å². The lowest BCUT2D eigenvalue weighted by Gasteiger charge is -2.19. The van der Waals surface area contributed by atoms with Crippen molar-refractivity contribution >= 4 is 18.4 Å². The summed E-state index contributed by atoms with van der Waals surface area (Å²) in [6.45, 7) is 12.0. The maximum absolute atomic E-state index is 11.1. The molecule has 0 heterocycles. The van der Waals surface area contributed by atoms with Gasteiger partial charge in [-0.15, -0.1) is 12.4 Å². The molecule has 17 heavy (non-hydrogen) atoms. The Hall–Kier alpha value is -0.580. The van der Waals surface area contributed by atoms with Gasteiger partial charge < -0.3 is 14.7 Å². The maximum Gasteiger partial charge on any atom is 0.333 e. The third-order valence-corrected chi connectivity index (χ3v) is 2.43. The van der Waals surface area contributed by atoms with Crippen molar-refractivity contribution < 1.29 is 14.6 Å². The number of aliphatic hydroxyl groups is 1. The summed E-state index contributed by atoms with van der Waals surface area (Å²) in [6, 6.07) is 0. The lowest BCUT2D eigenvalue weighted by molar-refractivity contribution is -0.142. The van der Waals surface area contributed by atoms with Gasteiger partial charge in [0.15, 0.2) is 0 Å². The number of nitrogens with zero attached hydrogens (tertiary/aromatic N) is 1. The Kier molecular flexibility index (Phi) is 11.7. The van der Waals surface area contributed by atoms with Crippen LogP contribution in [0.2, 0.25) is 0 Å². The number of carbonyl (C=O) groups is 1. The third kappa shape index (κ3) is 9.15. The minimum atomic E-state index is -0.594. The van der Waals surface area contributed by atoms with Crippen LogP contribution in [0.25, 0.3) is 0 Å². The highest BCUT2D eigenvalue weighted by atomic mass is 35.5. The van der Waals surface area contributed by atoms with Gasteiger partial charge in [-0.05, 0) is 26.4 Å². The molecule has 0 amide bonds. The minimum Gasteiger partial charge on any atom is -0.460 e. The van der Waals surface area contributed by atoms with E-state index in [9.17, 15) is 9.90 Å². The van der Waals surface area contributed by atoms with E-state index in [-0.39, 0.29) is 19.0 Å². The van der Waals surface area contributed by atoms with Crippen molar-refractivity contribution in [3.05, 3.63) is 12.2 Å². The van der Waals surface area contributed by atoms with Crippen LogP contribution in [-0.4, -0.2) is 48.3 Å². The second-order valence-corrected chi connectivity index (χ2v) is 3.85. The highest BCUT2D eigenvalue weighted by Gasteiger charge is 2.10. The first-order valence-corrected chi connectivity index (χ1v) is 5.74. The van der Waals surface area contributed by atoms with Crippen molar-refractivity contribution in [2.75, 3.05) is 26.2 Å². The van der Waals surface area contributed by atoms with Gasteiger partial charge in [-0.2, -0.15) is 0 Å². The van der Waals surface area contributed by atoms with E-state index in [1.54, 1.807) is 6.92 Å². The normalized spacial score (nSPS) is 11.8. The fraction of sp³-hybridized carbons (Fsp3) is 0.750. The zero-order valence-corrected chi connectivity index (χ0v) is 11.8. The summed E-state index contributed by atoms with van der Waals surface area (Å²) < 4.78 is 4.86.